The van der Waals surface area contributed by atoms with Crippen molar-refractivity contribution in [2.75, 3.05) is 20.2 Å². The van der Waals surface area contributed by atoms with Gasteiger partial charge in [0, 0.05) is 26.3 Å². The van der Waals surface area contributed by atoms with Crippen molar-refractivity contribution in [3.63, 3.8) is 0 Å². The number of aryl methyl sites for hydroxylation is 2. The van der Waals surface area contributed by atoms with Gasteiger partial charge in [-0.15, -0.1) is 0 Å². The van der Waals surface area contributed by atoms with E-state index in [2.05, 4.69) is 18.2 Å². The zero-order chi connectivity index (χ0) is 17.4. The molecule has 0 radical (unpaired) electrons. The van der Waals surface area contributed by atoms with Crippen molar-refractivity contribution >= 4 is 5.91 Å². The number of ether oxygens (including phenoxy) is 1. The lowest BCUT2D eigenvalue weighted by Gasteiger charge is -2.35. The number of carbonyl (C=O) groups excluding carboxylic acids is 1. The average molecular weight is 338 g/mol. The van der Waals surface area contributed by atoms with Crippen LogP contribution >= 0.6 is 0 Å². The molecule has 132 valence electrons. The quantitative estimate of drug-likeness (QED) is 0.857. The first-order valence-electron chi connectivity index (χ1n) is 9.25. The van der Waals surface area contributed by atoms with Crippen molar-refractivity contribution in [1.82, 2.24) is 9.47 Å². The summed E-state index contributed by atoms with van der Waals surface area (Å²) in [6, 6.07) is 10.4. The Bertz CT molecular complexity index is 772. The minimum absolute atomic E-state index is 0.166. The summed E-state index contributed by atoms with van der Waals surface area (Å²) in [4.78, 5) is 14.7. The van der Waals surface area contributed by atoms with Crippen LogP contribution in [0.25, 0.3) is 0 Å². The third-order valence-corrected chi connectivity index (χ3v) is 6.04. The summed E-state index contributed by atoms with van der Waals surface area (Å²) in [6.45, 7) is 1.73. The van der Waals surface area contributed by atoms with E-state index in [1.807, 2.05) is 34.8 Å². The van der Waals surface area contributed by atoms with Gasteiger partial charge in [-0.05, 0) is 72.9 Å². The fourth-order valence-corrected chi connectivity index (χ4v) is 4.58. The van der Waals surface area contributed by atoms with Crippen molar-refractivity contribution in [3.8, 4) is 5.75 Å². The molecule has 25 heavy (non-hydrogen) atoms. The molecular weight excluding hydrogens is 312 g/mol. The number of fused-ring (bicyclic) bond motifs is 1. The molecule has 4 rings (SSSR count). The first-order chi connectivity index (χ1) is 12.2. The second kappa shape index (κ2) is 6.58. The number of aromatic nitrogens is 1. The number of methoxy groups -OCH3 is 1. The van der Waals surface area contributed by atoms with Crippen LogP contribution in [-0.2, 0) is 13.5 Å². The lowest BCUT2D eigenvalue weighted by atomic mass is 9.81. The highest BCUT2D eigenvalue weighted by molar-refractivity contribution is 5.92. The monoisotopic (exact) mass is 338 g/mol. The Morgan fingerprint density at radius 2 is 1.96 bits per heavy atom. The molecule has 1 amide bonds. The Morgan fingerprint density at radius 1 is 1.16 bits per heavy atom. The standard InChI is InChI=1S/C21H26N2O2/c1-22-11-3-4-20(22)21(24)23-12-9-16(10-13-23)18-8-6-15-5-7-17(25-2)14-19(15)18/h3-5,7,11,14,16,18H,6,8-10,12-13H2,1-2H3. The number of likely N-dealkylation sites (tertiary alicyclic amines) is 1. The minimum Gasteiger partial charge on any atom is -0.497 e. The number of piperidine rings is 1. The first-order valence-corrected chi connectivity index (χ1v) is 9.25. The summed E-state index contributed by atoms with van der Waals surface area (Å²) in [5.41, 5.74) is 3.74. The van der Waals surface area contributed by atoms with Crippen molar-refractivity contribution < 1.29 is 9.53 Å². The molecule has 1 unspecified atom stereocenters. The molecule has 2 aliphatic rings. The molecule has 1 saturated heterocycles. The summed E-state index contributed by atoms with van der Waals surface area (Å²) in [7, 11) is 3.67. The molecule has 4 heteroatoms. The third kappa shape index (κ3) is 2.94. The molecule has 0 bridgehead atoms. The van der Waals surface area contributed by atoms with Gasteiger partial charge in [-0.1, -0.05) is 6.07 Å². The van der Waals surface area contributed by atoms with Gasteiger partial charge in [0.1, 0.15) is 11.4 Å². The molecule has 2 heterocycles. The van der Waals surface area contributed by atoms with Gasteiger partial charge in [0.05, 0.1) is 7.11 Å². The summed E-state index contributed by atoms with van der Waals surface area (Å²) in [5, 5.41) is 0. The van der Waals surface area contributed by atoms with E-state index >= 15 is 0 Å². The van der Waals surface area contributed by atoms with E-state index in [9.17, 15) is 4.79 Å². The van der Waals surface area contributed by atoms with Gasteiger partial charge in [-0.3, -0.25) is 4.79 Å². The fourth-order valence-electron chi connectivity index (χ4n) is 4.58. The zero-order valence-corrected chi connectivity index (χ0v) is 15.1. The van der Waals surface area contributed by atoms with Crippen LogP contribution in [0.15, 0.2) is 36.5 Å². The van der Waals surface area contributed by atoms with Crippen molar-refractivity contribution in [2.45, 2.75) is 31.6 Å². The Hall–Kier alpha value is -2.23. The van der Waals surface area contributed by atoms with Gasteiger partial charge in [0.2, 0.25) is 0 Å². The maximum Gasteiger partial charge on any atom is 0.270 e. The normalized spacial score (nSPS) is 20.6. The number of nitrogens with zero attached hydrogens (tertiary/aromatic N) is 2. The molecule has 0 N–H and O–H groups in total. The van der Waals surface area contributed by atoms with Gasteiger partial charge < -0.3 is 14.2 Å². The van der Waals surface area contributed by atoms with E-state index in [-0.39, 0.29) is 5.91 Å². The van der Waals surface area contributed by atoms with E-state index in [0.717, 1.165) is 37.4 Å². The Balaban J connectivity index is 1.44. The van der Waals surface area contributed by atoms with Crippen LogP contribution in [0.3, 0.4) is 0 Å². The number of benzene rings is 1. The molecule has 1 fully saturated rings. The van der Waals surface area contributed by atoms with Crippen LogP contribution in [0, 0.1) is 5.92 Å². The number of carbonyl (C=O) groups is 1. The highest BCUT2D eigenvalue weighted by atomic mass is 16.5. The topological polar surface area (TPSA) is 34.5 Å². The van der Waals surface area contributed by atoms with Crippen LogP contribution in [-0.4, -0.2) is 35.6 Å². The summed E-state index contributed by atoms with van der Waals surface area (Å²) < 4.78 is 7.33. The van der Waals surface area contributed by atoms with Gasteiger partial charge in [-0.2, -0.15) is 0 Å². The predicted molar refractivity (Wildman–Crippen MR) is 98.1 cm³/mol. The highest BCUT2D eigenvalue weighted by Gasteiger charge is 2.33. The molecule has 1 aromatic carbocycles. The van der Waals surface area contributed by atoms with Crippen LogP contribution in [0.5, 0.6) is 5.75 Å². The smallest absolute Gasteiger partial charge is 0.270 e. The number of hydrogen-bond donors (Lipinski definition) is 0. The van der Waals surface area contributed by atoms with Crippen LogP contribution in [0.1, 0.15) is 46.8 Å². The molecule has 1 aliphatic carbocycles. The van der Waals surface area contributed by atoms with E-state index in [4.69, 9.17) is 4.74 Å². The van der Waals surface area contributed by atoms with Crippen molar-refractivity contribution in [3.05, 3.63) is 53.3 Å². The maximum atomic E-state index is 12.7. The Labute approximate surface area is 149 Å². The Kier molecular flexibility index (Phi) is 4.28. The molecule has 0 spiro atoms. The van der Waals surface area contributed by atoms with Crippen LogP contribution < -0.4 is 4.74 Å². The molecule has 4 nitrogen and oxygen atoms in total. The Morgan fingerprint density at radius 3 is 2.64 bits per heavy atom. The van der Waals surface area contributed by atoms with Gasteiger partial charge in [-0.25, -0.2) is 0 Å². The van der Waals surface area contributed by atoms with Gasteiger partial charge >= 0.3 is 0 Å². The molecule has 0 saturated carbocycles. The van der Waals surface area contributed by atoms with Crippen LogP contribution in [0.4, 0.5) is 0 Å². The summed E-state index contributed by atoms with van der Waals surface area (Å²) >= 11 is 0. The second-order valence-corrected chi connectivity index (χ2v) is 7.34. The number of hydrogen-bond acceptors (Lipinski definition) is 2. The summed E-state index contributed by atoms with van der Waals surface area (Å²) in [6.07, 6.45) is 6.53. The SMILES string of the molecule is COc1ccc2c(c1)C(C1CCN(C(=O)c3cccn3C)CC1)CC2. The maximum absolute atomic E-state index is 12.7. The van der Waals surface area contributed by atoms with Crippen molar-refractivity contribution in [1.29, 1.82) is 0 Å². The second-order valence-electron chi connectivity index (χ2n) is 7.34. The predicted octanol–water partition coefficient (Wildman–Crippen LogP) is 3.62. The largest absolute Gasteiger partial charge is 0.497 e. The zero-order valence-electron chi connectivity index (χ0n) is 15.1. The van der Waals surface area contributed by atoms with Crippen molar-refractivity contribution in [2.24, 2.45) is 13.0 Å². The number of rotatable bonds is 3. The lowest BCUT2D eigenvalue weighted by molar-refractivity contribution is 0.0668. The lowest BCUT2D eigenvalue weighted by Crippen LogP contribution is -2.40. The van der Waals surface area contributed by atoms with Gasteiger partial charge in [0.25, 0.3) is 5.91 Å². The number of amides is 1. The fraction of sp³-hybridized carbons (Fsp3) is 0.476. The average Bonchev–Trinajstić information content (AvgIpc) is 3.26. The first kappa shape index (κ1) is 16.2. The van der Waals surface area contributed by atoms with E-state index < -0.39 is 0 Å². The molecule has 1 aromatic heterocycles. The van der Waals surface area contributed by atoms with E-state index in [1.165, 1.54) is 24.0 Å². The summed E-state index contributed by atoms with van der Waals surface area (Å²) in [5.74, 6) is 2.42. The van der Waals surface area contributed by atoms with Gasteiger partial charge in [0.15, 0.2) is 0 Å². The highest BCUT2D eigenvalue weighted by Crippen LogP contribution is 2.43. The molecule has 2 aromatic rings. The third-order valence-electron chi connectivity index (χ3n) is 6.04. The van der Waals surface area contributed by atoms with E-state index in [0.29, 0.717) is 11.8 Å². The molecule has 1 aliphatic heterocycles. The minimum atomic E-state index is 0.166. The van der Waals surface area contributed by atoms with E-state index in [1.54, 1.807) is 7.11 Å². The molecule has 1 atom stereocenters. The van der Waals surface area contributed by atoms with Crippen LogP contribution in [0.2, 0.25) is 0 Å². The molecular formula is C21H26N2O2.